The van der Waals surface area contributed by atoms with Gasteiger partial charge in [-0.1, -0.05) is 12.1 Å². The molecular formula is C9H15NO5S. The summed E-state index contributed by atoms with van der Waals surface area (Å²) < 4.78 is 31.7. The van der Waals surface area contributed by atoms with Crippen molar-refractivity contribution in [3.05, 3.63) is 0 Å². The molecule has 0 aromatic heterocycles. The molecule has 16 heavy (non-hydrogen) atoms. The number of nitrogens with zero attached hydrogens (tertiary/aromatic N) is 1. The predicted molar refractivity (Wildman–Crippen MR) is 57.4 cm³/mol. The smallest absolute Gasteiger partial charge is 0.328 e. The number of oxime groups is 1. The molecule has 0 atom stereocenters. The van der Waals surface area contributed by atoms with Crippen LogP contribution in [-0.4, -0.2) is 32.5 Å². The molecule has 1 saturated heterocycles. The first kappa shape index (κ1) is 13.0. The van der Waals surface area contributed by atoms with Gasteiger partial charge < -0.3 is 4.74 Å². The fraction of sp³-hybridized carbons (Fsp3) is 0.778. The van der Waals surface area contributed by atoms with E-state index in [4.69, 9.17) is 4.74 Å². The van der Waals surface area contributed by atoms with E-state index in [-0.39, 0.29) is 24.7 Å². The van der Waals surface area contributed by atoms with E-state index < -0.39 is 10.1 Å². The average molecular weight is 249 g/mol. The standard InChI is InChI=1S/C9H15NO5S/c1-2-7-16(12,13)15-10-8-3-4-9(11)14-6-5-8/h2-7H2,1H3. The van der Waals surface area contributed by atoms with E-state index in [1.54, 1.807) is 6.92 Å². The third-order valence-electron chi connectivity index (χ3n) is 2.01. The van der Waals surface area contributed by atoms with Crippen LogP contribution < -0.4 is 0 Å². The van der Waals surface area contributed by atoms with Crippen LogP contribution >= 0.6 is 0 Å². The average Bonchev–Trinajstić information content (AvgIpc) is 2.40. The van der Waals surface area contributed by atoms with Crippen molar-refractivity contribution in [2.24, 2.45) is 5.16 Å². The van der Waals surface area contributed by atoms with Gasteiger partial charge in [-0.25, -0.2) is 0 Å². The molecule has 0 amide bonds. The molecule has 6 nitrogen and oxygen atoms in total. The van der Waals surface area contributed by atoms with Gasteiger partial charge in [-0.2, -0.15) is 8.42 Å². The molecule has 0 bridgehead atoms. The molecule has 0 aromatic carbocycles. The van der Waals surface area contributed by atoms with Crippen molar-refractivity contribution in [1.82, 2.24) is 0 Å². The van der Waals surface area contributed by atoms with Crippen molar-refractivity contribution in [3.63, 3.8) is 0 Å². The summed E-state index contributed by atoms with van der Waals surface area (Å²) in [5, 5.41) is 3.56. The normalized spacial score (nSPS) is 20.3. The second-order valence-electron chi connectivity index (χ2n) is 3.46. The lowest BCUT2D eigenvalue weighted by Crippen LogP contribution is -2.09. The molecule has 7 heteroatoms. The minimum atomic E-state index is -3.57. The van der Waals surface area contributed by atoms with Gasteiger partial charge in [0, 0.05) is 6.42 Å². The summed E-state index contributed by atoms with van der Waals surface area (Å²) in [5.74, 6) is -0.347. The van der Waals surface area contributed by atoms with Crippen molar-refractivity contribution in [3.8, 4) is 0 Å². The van der Waals surface area contributed by atoms with Crippen molar-refractivity contribution in [2.75, 3.05) is 12.4 Å². The minimum Gasteiger partial charge on any atom is -0.465 e. The Balaban J connectivity index is 2.53. The fourth-order valence-corrected chi connectivity index (χ4v) is 2.01. The zero-order chi connectivity index (χ0) is 12.0. The summed E-state index contributed by atoms with van der Waals surface area (Å²) in [4.78, 5) is 10.9. The van der Waals surface area contributed by atoms with Crippen molar-refractivity contribution in [1.29, 1.82) is 0 Å². The summed E-state index contributed by atoms with van der Waals surface area (Å²) >= 11 is 0. The molecule has 0 N–H and O–H groups in total. The van der Waals surface area contributed by atoms with Gasteiger partial charge in [0.05, 0.1) is 24.5 Å². The van der Waals surface area contributed by atoms with Crippen molar-refractivity contribution < 1.29 is 22.2 Å². The van der Waals surface area contributed by atoms with Crippen LogP contribution in [0.5, 0.6) is 0 Å². The van der Waals surface area contributed by atoms with Crippen LogP contribution in [-0.2, 0) is 23.9 Å². The Labute approximate surface area is 94.7 Å². The third kappa shape index (κ3) is 4.61. The molecule has 0 unspecified atom stereocenters. The lowest BCUT2D eigenvalue weighted by molar-refractivity contribution is -0.142. The van der Waals surface area contributed by atoms with Gasteiger partial charge in [-0.05, 0) is 12.8 Å². The van der Waals surface area contributed by atoms with Gasteiger partial charge in [0.15, 0.2) is 0 Å². The van der Waals surface area contributed by atoms with E-state index in [0.29, 0.717) is 25.0 Å². The van der Waals surface area contributed by atoms with Crippen LogP contribution in [0.2, 0.25) is 0 Å². The molecule has 1 fully saturated rings. The largest absolute Gasteiger partial charge is 0.465 e. The maximum Gasteiger partial charge on any atom is 0.328 e. The molecule has 1 heterocycles. The van der Waals surface area contributed by atoms with Crippen LogP contribution in [0.1, 0.15) is 32.6 Å². The highest BCUT2D eigenvalue weighted by molar-refractivity contribution is 7.86. The molecule has 92 valence electrons. The molecule has 0 aromatic rings. The number of rotatable bonds is 4. The molecule has 1 aliphatic rings. The van der Waals surface area contributed by atoms with E-state index in [0.717, 1.165) is 0 Å². The van der Waals surface area contributed by atoms with Crippen molar-refractivity contribution in [2.45, 2.75) is 32.6 Å². The zero-order valence-corrected chi connectivity index (χ0v) is 9.96. The number of carbonyl (C=O) groups is 1. The quantitative estimate of drug-likeness (QED) is 0.544. The summed E-state index contributed by atoms with van der Waals surface area (Å²) in [6.45, 7) is 1.97. The van der Waals surface area contributed by atoms with Gasteiger partial charge in [0.25, 0.3) is 0 Å². The molecule has 0 aliphatic carbocycles. The van der Waals surface area contributed by atoms with Gasteiger partial charge in [0.1, 0.15) is 0 Å². The highest BCUT2D eigenvalue weighted by Crippen LogP contribution is 2.08. The molecule has 0 spiro atoms. The molecule has 0 saturated carbocycles. The number of esters is 1. The van der Waals surface area contributed by atoms with Crippen LogP contribution in [0, 0.1) is 0 Å². The lowest BCUT2D eigenvalue weighted by Gasteiger charge is -2.01. The fourth-order valence-electron chi connectivity index (χ4n) is 1.21. The Morgan fingerprint density at radius 3 is 2.81 bits per heavy atom. The van der Waals surface area contributed by atoms with Gasteiger partial charge in [-0.15, -0.1) is 0 Å². The Morgan fingerprint density at radius 1 is 1.38 bits per heavy atom. The van der Waals surface area contributed by atoms with Crippen LogP contribution in [0.25, 0.3) is 0 Å². The van der Waals surface area contributed by atoms with Gasteiger partial charge >= 0.3 is 16.1 Å². The predicted octanol–water partition coefficient (Wildman–Crippen LogP) is 0.826. The number of carbonyl (C=O) groups excluding carboxylic acids is 1. The van der Waals surface area contributed by atoms with E-state index in [1.165, 1.54) is 0 Å². The van der Waals surface area contributed by atoms with Crippen LogP contribution in [0.3, 0.4) is 0 Å². The van der Waals surface area contributed by atoms with E-state index >= 15 is 0 Å². The van der Waals surface area contributed by atoms with E-state index in [2.05, 4.69) is 9.44 Å². The number of hydrogen-bond acceptors (Lipinski definition) is 6. The van der Waals surface area contributed by atoms with Gasteiger partial charge in [0.2, 0.25) is 0 Å². The Bertz CT molecular complexity index is 373. The summed E-state index contributed by atoms with van der Waals surface area (Å²) in [5.41, 5.74) is 0.547. The molecule has 0 radical (unpaired) electrons. The van der Waals surface area contributed by atoms with Crippen LogP contribution in [0.15, 0.2) is 5.16 Å². The summed E-state index contributed by atoms with van der Waals surface area (Å²) in [6, 6.07) is 0. The van der Waals surface area contributed by atoms with Gasteiger partial charge in [-0.3, -0.25) is 9.08 Å². The Hall–Kier alpha value is -1.11. The monoisotopic (exact) mass is 249 g/mol. The first-order chi connectivity index (χ1) is 7.53. The summed E-state index contributed by atoms with van der Waals surface area (Å²) in [6.07, 6.45) is 1.51. The lowest BCUT2D eigenvalue weighted by atomic mass is 10.2. The van der Waals surface area contributed by atoms with E-state index in [9.17, 15) is 13.2 Å². The number of cyclic esters (lactones) is 1. The van der Waals surface area contributed by atoms with Crippen LogP contribution in [0.4, 0.5) is 0 Å². The second-order valence-corrected chi connectivity index (χ2v) is 5.14. The first-order valence-electron chi connectivity index (χ1n) is 5.16. The maximum atomic E-state index is 11.2. The maximum absolute atomic E-state index is 11.2. The Kier molecular flexibility index (Phi) is 4.72. The molecule has 1 rings (SSSR count). The zero-order valence-electron chi connectivity index (χ0n) is 9.14. The highest BCUT2D eigenvalue weighted by Gasteiger charge is 2.15. The number of ether oxygens (including phenoxy) is 1. The SMILES string of the molecule is CCCS(=O)(=O)ON=C1CCOC(=O)CC1. The Morgan fingerprint density at radius 2 is 2.12 bits per heavy atom. The molecular weight excluding hydrogens is 234 g/mol. The minimum absolute atomic E-state index is 0.0563. The second kappa shape index (κ2) is 5.83. The topological polar surface area (TPSA) is 82.0 Å². The van der Waals surface area contributed by atoms with Crippen molar-refractivity contribution >= 4 is 21.8 Å². The first-order valence-corrected chi connectivity index (χ1v) is 6.74. The summed E-state index contributed by atoms with van der Waals surface area (Å²) in [7, 11) is -3.57. The highest BCUT2D eigenvalue weighted by atomic mass is 32.2. The van der Waals surface area contributed by atoms with E-state index in [1.807, 2.05) is 0 Å². The molecule has 1 aliphatic heterocycles. The number of hydrogen-bond donors (Lipinski definition) is 0. The third-order valence-corrected chi connectivity index (χ3v) is 3.22.